The molecule has 0 saturated carbocycles. The number of rotatable bonds is 4. The molecular weight excluding hydrogens is 655 g/mol. The molecule has 2 aliphatic heterocycles. The van der Waals surface area contributed by atoms with Crippen LogP contribution in [0.5, 0.6) is 0 Å². The number of aromatic nitrogens is 5. The number of nitrogens with zero attached hydrogens (tertiary/aromatic N) is 7. The van der Waals surface area contributed by atoms with E-state index >= 15 is 0 Å². The predicted octanol–water partition coefficient (Wildman–Crippen LogP) is 6.02. The normalized spacial score (nSPS) is 15.9. The van der Waals surface area contributed by atoms with E-state index in [1.165, 1.54) is 22.7 Å². The number of fused-ring (bicyclic) bond motifs is 6. The second-order valence-corrected chi connectivity index (χ2v) is 15.7. The molecule has 0 atom stereocenters. The van der Waals surface area contributed by atoms with E-state index in [1.54, 1.807) is 9.13 Å². The lowest BCUT2D eigenvalue weighted by Crippen LogP contribution is -2.37. The topological polar surface area (TPSA) is 89.2 Å². The van der Waals surface area contributed by atoms with Crippen LogP contribution in [0.3, 0.4) is 0 Å². The first kappa shape index (κ1) is 28.3. The van der Waals surface area contributed by atoms with Crippen LogP contribution in [0.4, 0.5) is 11.9 Å². The standard InChI is InChI=1S/C33H27N7O2S4/c41-30-26-24(34-32(37-11-15-43-16-12-37)39(30)20-7-3-1-4-8-20)22-19-23-25-27(46-29(23)36-28(22)45-26)31(42)40(21-9-5-2-6-10-21)33(35-25)38-13-17-44-18-14-38/h1-10,19H,11-18H2. The lowest BCUT2D eigenvalue weighted by molar-refractivity contribution is 0.783. The molecule has 0 amide bonds. The molecule has 13 heteroatoms. The fourth-order valence-corrected chi connectivity index (χ4v) is 10.2. The quantitative estimate of drug-likeness (QED) is 0.222. The van der Waals surface area contributed by atoms with Gasteiger partial charge in [-0.1, -0.05) is 36.4 Å². The summed E-state index contributed by atoms with van der Waals surface area (Å²) in [6, 6.07) is 21.6. The van der Waals surface area contributed by atoms with E-state index in [-0.39, 0.29) is 11.1 Å². The lowest BCUT2D eigenvalue weighted by atomic mass is 10.2. The zero-order chi connectivity index (χ0) is 30.8. The fourth-order valence-electron chi connectivity index (χ4n) is 6.28. The molecule has 9 rings (SSSR count). The Hall–Kier alpha value is -3.91. The number of hydrogen-bond acceptors (Lipinski definition) is 11. The highest BCUT2D eigenvalue weighted by Crippen LogP contribution is 2.39. The van der Waals surface area contributed by atoms with Crippen LogP contribution in [0.1, 0.15) is 0 Å². The summed E-state index contributed by atoms with van der Waals surface area (Å²) >= 11 is 6.58. The number of hydrogen-bond donors (Lipinski definition) is 0. The zero-order valence-corrected chi connectivity index (χ0v) is 27.9. The first-order chi connectivity index (χ1) is 22.7. The van der Waals surface area contributed by atoms with E-state index in [0.29, 0.717) is 32.3 Å². The largest absolute Gasteiger partial charge is 0.340 e. The van der Waals surface area contributed by atoms with Gasteiger partial charge in [0.2, 0.25) is 11.9 Å². The Kier molecular flexibility index (Phi) is 7.02. The first-order valence-corrected chi connectivity index (χ1v) is 19.1. The van der Waals surface area contributed by atoms with Crippen molar-refractivity contribution in [3.05, 3.63) is 87.4 Å². The van der Waals surface area contributed by atoms with Crippen molar-refractivity contribution in [2.24, 2.45) is 0 Å². The van der Waals surface area contributed by atoms with Gasteiger partial charge < -0.3 is 9.80 Å². The molecule has 9 nitrogen and oxygen atoms in total. The van der Waals surface area contributed by atoms with Gasteiger partial charge in [0.05, 0.1) is 11.4 Å². The summed E-state index contributed by atoms with van der Waals surface area (Å²) in [5.74, 6) is 5.27. The van der Waals surface area contributed by atoms with Crippen molar-refractivity contribution in [1.82, 2.24) is 24.1 Å². The van der Waals surface area contributed by atoms with Gasteiger partial charge in [0.1, 0.15) is 30.1 Å². The molecule has 0 unspecified atom stereocenters. The molecule has 0 radical (unpaired) electrons. The van der Waals surface area contributed by atoms with Crippen molar-refractivity contribution < 1.29 is 0 Å². The third-order valence-corrected chi connectivity index (χ3v) is 12.6. The van der Waals surface area contributed by atoms with Crippen molar-refractivity contribution in [2.75, 3.05) is 59.0 Å². The van der Waals surface area contributed by atoms with Crippen molar-refractivity contribution >= 4 is 99.0 Å². The number of anilines is 2. The average Bonchev–Trinajstić information content (AvgIpc) is 3.66. The van der Waals surface area contributed by atoms with Gasteiger partial charge in [-0.2, -0.15) is 23.5 Å². The highest BCUT2D eigenvalue weighted by molar-refractivity contribution is 7.99. The van der Waals surface area contributed by atoms with Crippen LogP contribution in [-0.2, 0) is 0 Å². The minimum atomic E-state index is -0.0882. The van der Waals surface area contributed by atoms with Gasteiger partial charge in [0.15, 0.2) is 0 Å². The molecule has 2 fully saturated rings. The Morgan fingerprint density at radius 1 is 0.543 bits per heavy atom. The van der Waals surface area contributed by atoms with E-state index in [2.05, 4.69) is 15.9 Å². The third-order valence-electron chi connectivity index (χ3n) is 8.53. The average molecular weight is 682 g/mol. The Morgan fingerprint density at radius 2 is 0.957 bits per heavy atom. The Morgan fingerprint density at radius 3 is 1.37 bits per heavy atom. The highest BCUT2D eigenvalue weighted by Gasteiger charge is 2.26. The number of pyridine rings is 1. The summed E-state index contributed by atoms with van der Waals surface area (Å²) in [4.78, 5) is 49.9. The maximum absolute atomic E-state index is 14.3. The molecule has 5 aromatic heterocycles. The van der Waals surface area contributed by atoms with Gasteiger partial charge in [-0.3, -0.25) is 9.59 Å². The van der Waals surface area contributed by atoms with Crippen molar-refractivity contribution in [1.29, 1.82) is 0 Å². The molecule has 46 heavy (non-hydrogen) atoms. The Balaban J connectivity index is 1.31. The second kappa shape index (κ2) is 11.4. The van der Waals surface area contributed by atoms with Gasteiger partial charge in [-0.05, 0) is 30.3 Å². The molecule has 0 bridgehead atoms. The van der Waals surface area contributed by atoms with E-state index < -0.39 is 0 Å². The van der Waals surface area contributed by atoms with E-state index in [4.69, 9.17) is 15.0 Å². The number of benzene rings is 2. The van der Waals surface area contributed by atoms with Crippen LogP contribution < -0.4 is 20.9 Å². The van der Waals surface area contributed by atoms with Crippen LogP contribution >= 0.6 is 46.2 Å². The Bertz CT molecular complexity index is 2230. The maximum Gasteiger partial charge on any atom is 0.277 e. The maximum atomic E-state index is 14.3. The molecular formula is C33H27N7O2S4. The van der Waals surface area contributed by atoms with Crippen LogP contribution in [0.15, 0.2) is 76.3 Å². The van der Waals surface area contributed by atoms with Crippen molar-refractivity contribution in [3.63, 3.8) is 0 Å². The number of thiophene rings is 2. The summed E-state index contributed by atoms with van der Waals surface area (Å²) in [5.41, 5.74) is 2.74. The molecule has 2 aliphatic rings. The minimum absolute atomic E-state index is 0.0882. The van der Waals surface area contributed by atoms with Gasteiger partial charge in [0, 0.05) is 60.0 Å². The smallest absolute Gasteiger partial charge is 0.277 e. The minimum Gasteiger partial charge on any atom is -0.340 e. The van der Waals surface area contributed by atoms with Crippen LogP contribution in [0.25, 0.3) is 52.2 Å². The molecule has 230 valence electrons. The molecule has 7 heterocycles. The van der Waals surface area contributed by atoms with Gasteiger partial charge in [-0.25, -0.2) is 24.1 Å². The third kappa shape index (κ3) is 4.55. The van der Waals surface area contributed by atoms with Gasteiger partial charge in [-0.15, -0.1) is 22.7 Å². The number of thioether (sulfide) groups is 2. The molecule has 0 N–H and O–H groups in total. The van der Waals surface area contributed by atoms with E-state index in [0.717, 1.165) is 81.0 Å². The molecule has 0 aliphatic carbocycles. The summed E-state index contributed by atoms with van der Waals surface area (Å²) in [5, 5.41) is 1.64. The molecule has 0 spiro atoms. The SMILES string of the molecule is O=c1c2sc3nc4sc5c(=O)n(-c6ccccc6)c(N6CCSCC6)nc5c4cc3c2nc(N2CCSCC2)n1-c1ccccc1. The molecule has 2 saturated heterocycles. The van der Waals surface area contributed by atoms with Crippen molar-refractivity contribution in [3.8, 4) is 11.4 Å². The summed E-state index contributed by atoms with van der Waals surface area (Å²) in [6.45, 7) is 3.30. The van der Waals surface area contributed by atoms with Gasteiger partial charge in [0.25, 0.3) is 11.1 Å². The summed E-state index contributed by atoms with van der Waals surface area (Å²) in [6.07, 6.45) is 0. The van der Waals surface area contributed by atoms with E-state index in [1.807, 2.05) is 84.2 Å². The highest BCUT2D eigenvalue weighted by atomic mass is 32.2. The summed E-state index contributed by atoms with van der Waals surface area (Å²) < 4.78 is 4.66. The summed E-state index contributed by atoms with van der Waals surface area (Å²) in [7, 11) is 0. The monoisotopic (exact) mass is 681 g/mol. The Labute approximate surface area is 279 Å². The van der Waals surface area contributed by atoms with E-state index in [9.17, 15) is 9.59 Å². The lowest BCUT2D eigenvalue weighted by Gasteiger charge is -2.29. The first-order valence-electron chi connectivity index (χ1n) is 15.2. The second-order valence-electron chi connectivity index (χ2n) is 11.2. The predicted molar refractivity (Wildman–Crippen MR) is 196 cm³/mol. The van der Waals surface area contributed by atoms with Crippen LogP contribution in [-0.4, -0.2) is 73.3 Å². The van der Waals surface area contributed by atoms with Gasteiger partial charge >= 0.3 is 0 Å². The fraction of sp³-hybridized carbons (Fsp3) is 0.242. The van der Waals surface area contributed by atoms with Crippen molar-refractivity contribution in [2.45, 2.75) is 0 Å². The molecule has 7 aromatic rings. The number of para-hydroxylation sites is 2. The van der Waals surface area contributed by atoms with Crippen LogP contribution in [0, 0.1) is 0 Å². The molecule has 2 aromatic carbocycles. The zero-order valence-electron chi connectivity index (χ0n) is 24.6. The van der Waals surface area contributed by atoms with Crippen LogP contribution in [0.2, 0.25) is 0 Å².